The number of carbonyl (C=O) groups excluding carboxylic acids is 2. The van der Waals surface area contributed by atoms with E-state index >= 15 is 0 Å². The summed E-state index contributed by atoms with van der Waals surface area (Å²) in [6.45, 7) is 8.41. The van der Waals surface area contributed by atoms with Gasteiger partial charge in [-0.3, -0.25) is 14.4 Å². The van der Waals surface area contributed by atoms with Crippen molar-refractivity contribution in [3.63, 3.8) is 0 Å². The molecule has 1 amide bonds. The minimum Gasteiger partial charge on any atom is -0.481 e. The highest BCUT2D eigenvalue weighted by molar-refractivity contribution is 6.07. The molecule has 2 aromatic rings. The Morgan fingerprint density at radius 1 is 1.15 bits per heavy atom. The third-order valence-electron chi connectivity index (χ3n) is 4.62. The standard InChI is InChI=1S/C20H24N2O4/c1-6-15-16(12(3)23)11(2)21-17(15)18(24)22-14-9-7-13(8-10-14)20(4,5)19(25)26/h7-10,21H,6H2,1-5H3,(H,22,24)(H,25,26). The largest absolute Gasteiger partial charge is 0.481 e. The lowest BCUT2D eigenvalue weighted by molar-refractivity contribution is -0.142. The van der Waals surface area contributed by atoms with E-state index in [1.54, 1.807) is 45.0 Å². The molecule has 2 rings (SSSR count). The number of carboxylic acid groups (broad SMARTS) is 1. The quantitative estimate of drug-likeness (QED) is 0.687. The summed E-state index contributed by atoms with van der Waals surface area (Å²) in [5, 5.41) is 12.1. The Balaban J connectivity index is 2.27. The van der Waals surface area contributed by atoms with Gasteiger partial charge in [-0.05, 0) is 57.4 Å². The van der Waals surface area contributed by atoms with Gasteiger partial charge in [0.1, 0.15) is 5.69 Å². The lowest BCUT2D eigenvalue weighted by Gasteiger charge is -2.19. The van der Waals surface area contributed by atoms with Crippen LogP contribution in [-0.2, 0) is 16.6 Å². The van der Waals surface area contributed by atoms with Gasteiger partial charge in [0.05, 0.1) is 5.41 Å². The van der Waals surface area contributed by atoms with E-state index in [0.29, 0.717) is 40.2 Å². The second-order valence-corrected chi connectivity index (χ2v) is 6.85. The first-order valence-corrected chi connectivity index (χ1v) is 8.47. The fourth-order valence-electron chi connectivity index (χ4n) is 2.99. The Morgan fingerprint density at radius 3 is 2.19 bits per heavy atom. The first kappa shape index (κ1) is 19.4. The number of carboxylic acids is 1. The fourth-order valence-corrected chi connectivity index (χ4v) is 2.99. The fraction of sp³-hybridized carbons (Fsp3) is 0.350. The molecule has 1 heterocycles. The number of nitrogens with one attached hydrogen (secondary N) is 2. The number of hydrogen-bond acceptors (Lipinski definition) is 3. The van der Waals surface area contributed by atoms with Crippen molar-refractivity contribution >= 4 is 23.3 Å². The molecule has 0 unspecified atom stereocenters. The molecule has 26 heavy (non-hydrogen) atoms. The van der Waals surface area contributed by atoms with E-state index in [1.807, 2.05) is 6.92 Å². The van der Waals surface area contributed by atoms with Crippen molar-refractivity contribution in [1.29, 1.82) is 0 Å². The zero-order chi connectivity index (χ0) is 19.6. The summed E-state index contributed by atoms with van der Waals surface area (Å²) in [6, 6.07) is 6.72. The van der Waals surface area contributed by atoms with Crippen molar-refractivity contribution < 1.29 is 19.5 Å². The molecule has 3 N–H and O–H groups in total. The van der Waals surface area contributed by atoms with E-state index in [4.69, 9.17) is 0 Å². The van der Waals surface area contributed by atoms with Crippen LogP contribution < -0.4 is 5.32 Å². The second-order valence-electron chi connectivity index (χ2n) is 6.85. The number of H-pyrrole nitrogens is 1. The van der Waals surface area contributed by atoms with Gasteiger partial charge in [0.15, 0.2) is 5.78 Å². The third kappa shape index (κ3) is 3.54. The molecule has 1 aromatic heterocycles. The highest BCUT2D eigenvalue weighted by atomic mass is 16.4. The van der Waals surface area contributed by atoms with Gasteiger partial charge in [-0.2, -0.15) is 0 Å². The lowest BCUT2D eigenvalue weighted by atomic mass is 9.85. The Hall–Kier alpha value is -2.89. The first-order valence-electron chi connectivity index (χ1n) is 8.47. The zero-order valence-electron chi connectivity index (χ0n) is 15.7. The second kappa shape index (κ2) is 7.15. The van der Waals surface area contributed by atoms with Crippen LogP contribution in [0.25, 0.3) is 0 Å². The molecule has 0 atom stereocenters. The number of amides is 1. The molecule has 6 nitrogen and oxygen atoms in total. The lowest BCUT2D eigenvalue weighted by Crippen LogP contribution is -2.28. The monoisotopic (exact) mass is 356 g/mol. The van der Waals surface area contributed by atoms with Gasteiger partial charge in [0.25, 0.3) is 5.91 Å². The van der Waals surface area contributed by atoms with Crippen LogP contribution in [0.15, 0.2) is 24.3 Å². The molecular formula is C20H24N2O4. The summed E-state index contributed by atoms with van der Waals surface area (Å²) in [5.41, 5.74) is 2.52. The van der Waals surface area contributed by atoms with Crippen LogP contribution in [0.3, 0.4) is 0 Å². The molecule has 1 aromatic carbocycles. The van der Waals surface area contributed by atoms with Gasteiger partial charge in [-0.15, -0.1) is 0 Å². The molecule has 0 aliphatic rings. The van der Waals surface area contributed by atoms with Crippen molar-refractivity contribution in [3.8, 4) is 0 Å². The van der Waals surface area contributed by atoms with Crippen LogP contribution in [0.5, 0.6) is 0 Å². The molecule has 138 valence electrons. The smallest absolute Gasteiger partial charge is 0.313 e. The topological polar surface area (TPSA) is 99.3 Å². The number of aromatic nitrogens is 1. The molecular weight excluding hydrogens is 332 g/mol. The minimum absolute atomic E-state index is 0.0742. The first-order chi connectivity index (χ1) is 12.1. The average molecular weight is 356 g/mol. The normalized spacial score (nSPS) is 11.3. The molecule has 0 saturated heterocycles. The van der Waals surface area contributed by atoms with Gasteiger partial charge >= 0.3 is 5.97 Å². The van der Waals surface area contributed by atoms with Crippen LogP contribution in [0.2, 0.25) is 0 Å². The molecule has 0 aliphatic heterocycles. The van der Waals surface area contributed by atoms with Gasteiger partial charge in [-0.25, -0.2) is 0 Å². The molecule has 0 saturated carbocycles. The van der Waals surface area contributed by atoms with E-state index in [0.717, 1.165) is 0 Å². The summed E-state index contributed by atoms with van der Waals surface area (Å²) in [4.78, 5) is 38.8. The van der Waals surface area contributed by atoms with Crippen LogP contribution in [0.4, 0.5) is 5.69 Å². The number of hydrogen-bond donors (Lipinski definition) is 3. The highest BCUT2D eigenvalue weighted by Crippen LogP contribution is 2.26. The molecule has 0 spiro atoms. The van der Waals surface area contributed by atoms with Gasteiger partial charge < -0.3 is 15.4 Å². The van der Waals surface area contributed by atoms with Crippen molar-refractivity contribution in [2.24, 2.45) is 0 Å². The maximum absolute atomic E-state index is 12.6. The Kier molecular flexibility index (Phi) is 5.35. The number of rotatable bonds is 6. The summed E-state index contributed by atoms with van der Waals surface area (Å²) in [6.07, 6.45) is 0.563. The van der Waals surface area contributed by atoms with Gasteiger partial charge in [0.2, 0.25) is 0 Å². The third-order valence-corrected chi connectivity index (χ3v) is 4.62. The van der Waals surface area contributed by atoms with Crippen LogP contribution >= 0.6 is 0 Å². The van der Waals surface area contributed by atoms with E-state index in [9.17, 15) is 19.5 Å². The molecule has 0 radical (unpaired) electrons. The molecule has 6 heteroatoms. The van der Waals surface area contributed by atoms with Crippen molar-refractivity contribution in [3.05, 3.63) is 52.3 Å². The predicted octanol–water partition coefficient (Wildman–Crippen LogP) is 3.70. The number of aryl methyl sites for hydroxylation is 1. The number of Topliss-reactive ketones (excluding diaryl/α,β-unsaturated/α-hetero) is 1. The highest BCUT2D eigenvalue weighted by Gasteiger charge is 2.29. The number of aromatic amines is 1. The predicted molar refractivity (Wildman–Crippen MR) is 100.0 cm³/mol. The maximum Gasteiger partial charge on any atom is 0.313 e. The number of benzene rings is 1. The minimum atomic E-state index is -1.01. The molecule has 0 aliphatic carbocycles. The zero-order valence-corrected chi connectivity index (χ0v) is 15.7. The Labute approximate surface area is 152 Å². The van der Waals surface area contributed by atoms with Gasteiger partial charge in [0, 0.05) is 16.9 Å². The number of carbonyl (C=O) groups is 3. The van der Waals surface area contributed by atoms with Gasteiger partial charge in [-0.1, -0.05) is 19.1 Å². The molecule has 0 fully saturated rings. The SMILES string of the molecule is CCc1c(C(=O)Nc2ccc(C(C)(C)C(=O)O)cc2)[nH]c(C)c1C(C)=O. The van der Waals surface area contributed by atoms with Crippen molar-refractivity contribution in [2.75, 3.05) is 5.32 Å². The van der Waals surface area contributed by atoms with Crippen LogP contribution in [-0.4, -0.2) is 27.8 Å². The average Bonchev–Trinajstić information content (AvgIpc) is 2.92. The van der Waals surface area contributed by atoms with E-state index in [1.165, 1.54) is 6.92 Å². The number of ketones is 1. The Bertz CT molecular complexity index is 861. The van der Waals surface area contributed by atoms with Crippen molar-refractivity contribution in [1.82, 2.24) is 4.98 Å². The van der Waals surface area contributed by atoms with Crippen LogP contribution in [0.1, 0.15) is 65.4 Å². The van der Waals surface area contributed by atoms with E-state index < -0.39 is 11.4 Å². The summed E-state index contributed by atoms with van der Waals surface area (Å²) in [7, 11) is 0. The summed E-state index contributed by atoms with van der Waals surface area (Å²) >= 11 is 0. The van der Waals surface area contributed by atoms with E-state index in [2.05, 4.69) is 10.3 Å². The van der Waals surface area contributed by atoms with Crippen molar-refractivity contribution in [2.45, 2.75) is 46.5 Å². The Morgan fingerprint density at radius 2 is 1.73 bits per heavy atom. The number of anilines is 1. The maximum atomic E-state index is 12.6. The van der Waals surface area contributed by atoms with Crippen LogP contribution in [0, 0.1) is 6.92 Å². The summed E-state index contributed by atoms with van der Waals surface area (Å²) < 4.78 is 0. The number of aliphatic carboxylic acids is 1. The summed E-state index contributed by atoms with van der Waals surface area (Å²) in [5.74, 6) is -1.32. The molecule has 0 bridgehead atoms. The van der Waals surface area contributed by atoms with E-state index in [-0.39, 0.29) is 11.7 Å².